The van der Waals surface area contributed by atoms with Gasteiger partial charge in [0.15, 0.2) is 0 Å². The van der Waals surface area contributed by atoms with E-state index >= 15 is 0 Å². The Morgan fingerprint density at radius 2 is 2.11 bits per heavy atom. The van der Waals surface area contributed by atoms with Gasteiger partial charge in [-0.3, -0.25) is 9.59 Å². The lowest BCUT2D eigenvalue weighted by molar-refractivity contribution is -0.135. The molecule has 0 spiro atoms. The van der Waals surface area contributed by atoms with Gasteiger partial charge in [-0.25, -0.2) is 0 Å². The molecule has 1 aliphatic heterocycles. The molecule has 2 fully saturated rings. The lowest BCUT2D eigenvalue weighted by Crippen LogP contribution is -2.48. The van der Waals surface area contributed by atoms with Crippen LogP contribution in [0.5, 0.6) is 0 Å². The predicted molar refractivity (Wildman–Crippen MR) is 73.5 cm³/mol. The highest BCUT2D eigenvalue weighted by Gasteiger charge is 2.33. The highest BCUT2D eigenvalue weighted by molar-refractivity contribution is 7.99. The third-order valence-electron chi connectivity index (χ3n) is 3.98. The summed E-state index contributed by atoms with van der Waals surface area (Å²) < 4.78 is 0. The van der Waals surface area contributed by atoms with Crippen molar-refractivity contribution in [1.82, 2.24) is 10.2 Å². The van der Waals surface area contributed by atoms with Crippen molar-refractivity contribution >= 4 is 23.6 Å². The molecule has 2 aliphatic rings. The molecule has 1 aliphatic carbocycles. The van der Waals surface area contributed by atoms with Crippen LogP contribution >= 0.6 is 11.8 Å². The van der Waals surface area contributed by atoms with Gasteiger partial charge in [0.05, 0.1) is 0 Å². The van der Waals surface area contributed by atoms with E-state index in [2.05, 4.69) is 11.6 Å². The summed E-state index contributed by atoms with van der Waals surface area (Å²) in [6, 6.07) is -0.0338. The predicted octanol–water partition coefficient (Wildman–Crippen LogP) is 1.40. The summed E-state index contributed by atoms with van der Waals surface area (Å²) in [6.45, 7) is 2.37. The highest BCUT2D eigenvalue weighted by Crippen LogP contribution is 2.30. The first kappa shape index (κ1) is 13.7. The molecule has 5 heteroatoms. The van der Waals surface area contributed by atoms with Crippen LogP contribution in [0.2, 0.25) is 0 Å². The largest absolute Gasteiger partial charge is 0.345 e. The Morgan fingerprint density at radius 3 is 2.83 bits per heavy atom. The molecular formula is C13H22N2O2S. The number of carbonyl (C=O) groups excluding carboxylic acids is 2. The average molecular weight is 270 g/mol. The van der Waals surface area contributed by atoms with E-state index in [1.54, 1.807) is 6.92 Å². The van der Waals surface area contributed by atoms with Gasteiger partial charge in [0.25, 0.3) is 0 Å². The number of amides is 2. The third-order valence-corrected chi connectivity index (χ3v) is 5.08. The molecule has 4 nitrogen and oxygen atoms in total. The molecule has 2 rings (SSSR count). The van der Waals surface area contributed by atoms with E-state index in [1.807, 2.05) is 16.7 Å². The Labute approximate surface area is 113 Å². The molecule has 1 N–H and O–H groups in total. The summed E-state index contributed by atoms with van der Waals surface area (Å²) in [5.74, 6) is 0.0863. The molecule has 0 radical (unpaired) electrons. The van der Waals surface area contributed by atoms with E-state index in [0.29, 0.717) is 24.3 Å². The summed E-state index contributed by atoms with van der Waals surface area (Å²) >= 11 is 1.90. The SMILES string of the molecule is CSC1CCCC(N2CCC(=O)NC(C)C2=O)C1. The molecule has 0 aromatic carbocycles. The molecule has 1 heterocycles. The molecule has 0 bridgehead atoms. The van der Waals surface area contributed by atoms with E-state index in [0.717, 1.165) is 12.8 Å². The van der Waals surface area contributed by atoms with Crippen molar-refractivity contribution in [2.45, 2.75) is 56.4 Å². The number of thioether (sulfide) groups is 1. The minimum atomic E-state index is -0.366. The summed E-state index contributed by atoms with van der Waals surface area (Å²) in [5, 5.41) is 3.42. The fraction of sp³-hybridized carbons (Fsp3) is 0.846. The monoisotopic (exact) mass is 270 g/mol. The molecule has 102 valence electrons. The second kappa shape index (κ2) is 5.95. The van der Waals surface area contributed by atoms with E-state index in [4.69, 9.17) is 0 Å². The highest BCUT2D eigenvalue weighted by atomic mass is 32.2. The first-order valence-corrected chi connectivity index (χ1v) is 8.03. The van der Waals surface area contributed by atoms with Gasteiger partial charge in [0.1, 0.15) is 6.04 Å². The number of hydrogen-bond acceptors (Lipinski definition) is 3. The second-order valence-corrected chi connectivity index (χ2v) is 6.39. The first-order valence-electron chi connectivity index (χ1n) is 6.74. The van der Waals surface area contributed by atoms with Crippen molar-refractivity contribution in [3.8, 4) is 0 Å². The van der Waals surface area contributed by atoms with Gasteiger partial charge < -0.3 is 10.2 Å². The van der Waals surface area contributed by atoms with Gasteiger partial charge in [0.2, 0.25) is 11.8 Å². The Bertz CT molecular complexity index is 335. The Balaban J connectivity index is 2.05. The van der Waals surface area contributed by atoms with Gasteiger partial charge in [-0.2, -0.15) is 11.8 Å². The van der Waals surface area contributed by atoms with Gasteiger partial charge in [-0.1, -0.05) is 6.42 Å². The maximum atomic E-state index is 12.3. The topological polar surface area (TPSA) is 49.4 Å². The van der Waals surface area contributed by atoms with Crippen molar-refractivity contribution in [2.75, 3.05) is 12.8 Å². The molecule has 3 unspecified atom stereocenters. The summed E-state index contributed by atoms with van der Waals surface area (Å²) in [4.78, 5) is 25.7. The van der Waals surface area contributed by atoms with Crippen LogP contribution in [0, 0.1) is 0 Å². The summed E-state index contributed by atoms with van der Waals surface area (Å²) in [5.41, 5.74) is 0. The molecule has 3 atom stereocenters. The lowest BCUT2D eigenvalue weighted by Gasteiger charge is -2.37. The van der Waals surface area contributed by atoms with E-state index in [9.17, 15) is 9.59 Å². The molecule has 0 aromatic rings. The zero-order valence-corrected chi connectivity index (χ0v) is 12.0. The van der Waals surface area contributed by atoms with Gasteiger partial charge in [-0.15, -0.1) is 0 Å². The van der Waals surface area contributed by atoms with Crippen molar-refractivity contribution in [1.29, 1.82) is 0 Å². The van der Waals surface area contributed by atoms with Crippen LogP contribution in [0.1, 0.15) is 39.0 Å². The Hall–Kier alpha value is -0.710. The molecule has 0 aromatic heterocycles. The standard InChI is InChI=1S/C13H22N2O2S/c1-9-13(17)15(7-6-12(16)14-9)10-4-3-5-11(8-10)18-2/h9-11H,3-8H2,1-2H3,(H,14,16). The Kier molecular flexibility index (Phi) is 4.54. The average Bonchev–Trinajstić information content (AvgIpc) is 2.50. The summed E-state index contributed by atoms with van der Waals surface area (Å²) in [7, 11) is 0. The molecule has 18 heavy (non-hydrogen) atoms. The number of rotatable bonds is 2. The van der Waals surface area contributed by atoms with Crippen molar-refractivity contribution in [3.05, 3.63) is 0 Å². The smallest absolute Gasteiger partial charge is 0.245 e. The van der Waals surface area contributed by atoms with E-state index in [-0.39, 0.29) is 17.9 Å². The van der Waals surface area contributed by atoms with Crippen LogP contribution in [0.3, 0.4) is 0 Å². The van der Waals surface area contributed by atoms with E-state index in [1.165, 1.54) is 12.8 Å². The lowest BCUT2D eigenvalue weighted by atomic mass is 9.93. The molecule has 1 saturated heterocycles. The van der Waals surface area contributed by atoms with Crippen molar-refractivity contribution in [2.24, 2.45) is 0 Å². The Morgan fingerprint density at radius 1 is 1.33 bits per heavy atom. The van der Waals surface area contributed by atoms with Crippen LogP contribution in [-0.2, 0) is 9.59 Å². The number of nitrogens with zero attached hydrogens (tertiary/aromatic N) is 1. The van der Waals surface area contributed by atoms with Crippen LogP contribution in [-0.4, -0.2) is 46.8 Å². The fourth-order valence-corrected chi connectivity index (χ4v) is 3.75. The maximum Gasteiger partial charge on any atom is 0.245 e. The zero-order chi connectivity index (χ0) is 13.1. The maximum absolute atomic E-state index is 12.3. The van der Waals surface area contributed by atoms with Crippen LogP contribution in [0.4, 0.5) is 0 Å². The van der Waals surface area contributed by atoms with Gasteiger partial charge in [0, 0.05) is 24.3 Å². The second-order valence-electron chi connectivity index (χ2n) is 5.25. The molecular weight excluding hydrogens is 248 g/mol. The quantitative estimate of drug-likeness (QED) is 0.825. The molecule has 1 saturated carbocycles. The zero-order valence-electron chi connectivity index (χ0n) is 11.1. The minimum Gasteiger partial charge on any atom is -0.345 e. The first-order chi connectivity index (χ1) is 8.61. The van der Waals surface area contributed by atoms with Crippen LogP contribution < -0.4 is 5.32 Å². The van der Waals surface area contributed by atoms with Crippen molar-refractivity contribution in [3.63, 3.8) is 0 Å². The van der Waals surface area contributed by atoms with Gasteiger partial charge in [-0.05, 0) is 32.4 Å². The number of nitrogens with one attached hydrogen (secondary N) is 1. The van der Waals surface area contributed by atoms with E-state index < -0.39 is 0 Å². The summed E-state index contributed by atoms with van der Waals surface area (Å²) in [6.07, 6.45) is 7.20. The molecule has 2 amide bonds. The van der Waals surface area contributed by atoms with Crippen LogP contribution in [0.15, 0.2) is 0 Å². The van der Waals surface area contributed by atoms with Crippen molar-refractivity contribution < 1.29 is 9.59 Å². The number of hydrogen-bond donors (Lipinski definition) is 1. The van der Waals surface area contributed by atoms with Crippen LogP contribution in [0.25, 0.3) is 0 Å². The van der Waals surface area contributed by atoms with Gasteiger partial charge >= 0.3 is 0 Å². The minimum absolute atomic E-state index is 0.00410. The number of carbonyl (C=O) groups is 2. The fourth-order valence-electron chi connectivity index (χ4n) is 2.94. The third kappa shape index (κ3) is 2.99. The normalized spacial score (nSPS) is 34.1.